The number of nitrogens with zero attached hydrogens (tertiary/aromatic N) is 1. The van der Waals surface area contributed by atoms with Gasteiger partial charge in [-0.2, -0.15) is 0 Å². The van der Waals surface area contributed by atoms with E-state index in [1.165, 1.54) is 0 Å². The van der Waals surface area contributed by atoms with Gasteiger partial charge >= 0.3 is 0 Å². The fourth-order valence-electron chi connectivity index (χ4n) is 1.46. The number of halogens is 1. The van der Waals surface area contributed by atoms with Gasteiger partial charge in [0.25, 0.3) is 0 Å². The predicted molar refractivity (Wildman–Crippen MR) is 71.9 cm³/mol. The SMILES string of the molecule is Cc1cc(Br)ccc1OCc1ccc(N)nc1. The van der Waals surface area contributed by atoms with Gasteiger partial charge in [-0.1, -0.05) is 22.0 Å². The maximum Gasteiger partial charge on any atom is 0.123 e. The zero-order chi connectivity index (χ0) is 12.3. The molecule has 1 aromatic heterocycles. The van der Waals surface area contributed by atoms with Crippen molar-refractivity contribution in [1.82, 2.24) is 4.98 Å². The zero-order valence-corrected chi connectivity index (χ0v) is 11.1. The van der Waals surface area contributed by atoms with Gasteiger partial charge in [-0.05, 0) is 36.8 Å². The molecule has 0 saturated heterocycles. The monoisotopic (exact) mass is 292 g/mol. The molecule has 4 heteroatoms. The highest BCUT2D eigenvalue weighted by Gasteiger charge is 2.01. The van der Waals surface area contributed by atoms with Gasteiger partial charge in [-0.3, -0.25) is 0 Å². The summed E-state index contributed by atoms with van der Waals surface area (Å²) in [6.07, 6.45) is 1.73. The van der Waals surface area contributed by atoms with Crippen molar-refractivity contribution in [3.8, 4) is 5.75 Å². The minimum atomic E-state index is 0.496. The first-order valence-electron chi connectivity index (χ1n) is 5.24. The average Bonchev–Trinajstić information content (AvgIpc) is 2.30. The second-order valence-corrected chi connectivity index (χ2v) is 4.71. The lowest BCUT2D eigenvalue weighted by atomic mass is 10.2. The summed E-state index contributed by atoms with van der Waals surface area (Å²) in [4.78, 5) is 4.02. The molecule has 0 fully saturated rings. The van der Waals surface area contributed by atoms with Gasteiger partial charge in [-0.25, -0.2) is 4.98 Å². The number of nitrogen functional groups attached to an aromatic ring is 1. The molecule has 0 amide bonds. The Hall–Kier alpha value is -1.55. The summed E-state index contributed by atoms with van der Waals surface area (Å²) in [6.45, 7) is 2.51. The van der Waals surface area contributed by atoms with Gasteiger partial charge in [0.05, 0.1) is 0 Å². The molecule has 1 aromatic carbocycles. The van der Waals surface area contributed by atoms with Crippen molar-refractivity contribution in [2.24, 2.45) is 0 Å². The summed E-state index contributed by atoms with van der Waals surface area (Å²) in [5.74, 6) is 1.40. The van der Waals surface area contributed by atoms with Crippen molar-refractivity contribution in [2.45, 2.75) is 13.5 Å². The Kier molecular flexibility index (Phi) is 3.64. The number of anilines is 1. The average molecular weight is 293 g/mol. The van der Waals surface area contributed by atoms with Gasteiger partial charge in [0.1, 0.15) is 18.2 Å². The van der Waals surface area contributed by atoms with Crippen molar-refractivity contribution >= 4 is 21.7 Å². The van der Waals surface area contributed by atoms with Crippen LogP contribution in [0.4, 0.5) is 5.82 Å². The largest absolute Gasteiger partial charge is 0.489 e. The third-order valence-corrected chi connectivity index (χ3v) is 2.87. The highest BCUT2D eigenvalue weighted by atomic mass is 79.9. The molecule has 3 nitrogen and oxygen atoms in total. The number of hydrogen-bond acceptors (Lipinski definition) is 3. The Labute approximate surface area is 109 Å². The highest BCUT2D eigenvalue weighted by Crippen LogP contribution is 2.22. The Balaban J connectivity index is 2.04. The molecule has 88 valence electrons. The zero-order valence-electron chi connectivity index (χ0n) is 9.48. The molecule has 0 atom stereocenters. The normalized spacial score (nSPS) is 10.2. The molecule has 17 heavy (non-hydrogen) atoms. The van der Waals surface area contributed by atoms with Gasteiger partial charge in [0, 0.05) is 16.2 Å². The first-order chi connectivity index (χ1) is 8.15. The quantitative estimate of drug-likeness (QED) is 0.944. The van der Waals surface area contributed by atoms with Gasteiger partial charge in [0.15, 0.2) is 0 Å². The maximum absolute atomic E-state index is 5.72. The molecular formula is C13H13BrN2O. The molecule has 2 rings (SSSR count). The number of hydrogen-bond donors (Lipinski definition) is 1. The smallest absolute Gasteiger partial charge is 0.123 e. The van der Waals surface area contributed by atoms with Crippen LogP contribution in [0.25, 0.3) is 0 Å². The van der Waals surface area contributed by atoms with Crippen LogP contribution in [0.2, 0.25) is 0 Å². The van der Waals surface area contributed by atoms with Crippen molar-refractivity contribution in [3.63, 3.8) is 0 Å². The van der Waals surface area contributed by atoms with Crippen LogP contribution >= 0.6 is 15.9 Å². The van der Waals surface area contributed by atoms with Crippen molar-refractivity contribution in [1.29, 1.82) is 0 Å². The minimum absolute atomic E-state index is 0.496. The van der Waals surface area contributed by atoms with E-state index in [0.29, 0.717) is 12.4 Å². The van der Waals surface area contributed by atoms with Gasteiger partial charge in [-0.15, -0.1) is 0 Å². The van der Waals surface area contributed by atoms with Crippen molar-refractivity contribution < 1.29 is 4.74 Å². The number of aryl methyl sites for hydroxylation is 1. The molecule has 0 saturated carbocycles. The molecule has 0 aliphatic rings. The molecule has 1 heterocycles. The Morgan fingerprint density at radius 3 is 2.76 bits per heavy atom. The number of aromatic nitrogens is 1. The van der Waals surface area contributed by atoms with E-state index in [1.54, 1.807) is 12.3 Å². The first-order valence-corrected chi connectivity index (χ1v) is 6.04. The number of nitrogens with two attached hydrogens (primary N) is 1. The summed E-state index contributed by atoms with van der Waals surface area (Å²) >= 11 is 3.42. The fraction of sp³-hybridized carbons (Fsp3) is 0.154. The molecule has 0 bridgehead atoms. The maximum atomic E-state index is 5.72. The van der Waals surface area contributed by atoms with Gasteiger partial charge in [0.2, 0.25) is 0 Å². The van der Waals surface area contributed by atoms with Crippen molar-refractivity contribution in [2.75, 3.05) is 5.73 Å². The standard InChI is InChI=1S/C13H13BrN2O/c1-9-6-11(14)3-4-12(9)17-8-10-2-5-13(15)16-7-10/h2-7H,8H2,1H3,(H2,15,16). The number of benzene rings is 1. The van der Waals surface area contributed by atoms with Crippen LogP contribution in [0.3, 0.4) is 0 Å². The van der Waals surface area contributed by atoms with Crippen LogP contribution in [0, 0.1) is 6.92 Å². The lowest BCUT2D eigenvalue weighted by Gasteiger charge is -2.09. The van der Waals surface area contributed by atoms with E-state index in [0.717, 1.165) is 21.3 Å². The van der Waals surface area contributed by atoms with Crippen LogP contribution in [-0.2, 0) is 6.61 Å². The summed E-state index contributed by atoms with van der Waals surface area (Å²) in [5.41, 5.74) is 7.62. The summed E-state index contributed by atoms with van der Waals surface area (Å²) in [6, 6.07) is 9.62. The molecule has 0 aliphatic heterocycles. The van der Waals surface area contributed by atoms with E-state index in [1.807, 2.05) is 31.2 Å². The fourth-order valence-corrected chi connectivity index (χ4v) is 1.93. The molecular weight excluding hydrogens is 280 g/mol. The lowest BCUT2D eigenvalue weighted by molar-refractivity contribution is 0.303. The molecule has 0 aliphatic carbocycles. The van der Waals surface area contributed by atoms with Crippen molar-refractivity contribution in [3.05, 3.63) is 52.1 Å². The van der Waals surface area contributed by atoms with E-state index < -0.39 is 0 Å². The Bertz CT molecular complexity index is 511. The van der Waals surface area contributed by atoms with E-state index in [4.69, 9.17) is 10.5 Å². The van der Waals surface area contributed by atoms with E-state index >= 15 is 0 Å². The second-order valence-electron chi connectivity index (χ2n) is 3.79. The van der Waals surface area contributed by atoms with E-state index in [9.17, 15) is 0 Å². The van der Waals surface area contributed by atoms with Crippen LogP contribution in [0.15, 0.2) is 41.0 Å². The lowest BCUT2D eigenvalue weighted by Crippen LogP contribution is -1.98. The Morgan fingerprint density at radius 2 is 2.12 bits per heavy atom. The van der Waals surface area contributed by atoms with E-state index in [-0.39, 0.29) is 0 Å². The molecule has 2 N–H and O–H groups in total. The molecule has 0 unspecified atom stereocenters. The van der Waals surface area contributed by atoms with Crippen LogP contribution in [0.1, 0.15) is 11.1 Å². The molecule has 0 spiro atoms. The minimum Gasteiger partial charge on any atom is -0.489 e. The third kappa shape index (κ3) is 3.20. The molecule has 0 radical (unpaired) electrons. The van der Waals surface area contributed by atoms with Crippen LogP contribution < -0.4 is 10.5 Å². The summed E-state index contributed by atoms with van der Waals surface area (Å²) in [5, 5.41) is 0. The van der Waals surface area contributed by atoms with Gasteiger partial charge < -0.3 is 10.5 Å². The second kappa shape index (κ2) is 5.19. The third-order valence-electron chi connectivity index (χ3n) is 2.38. The van der Waals surface area contributed by atoms with E-state index in [2.05, 4.69) is 20.9 Å². The number of ether oxygens (including phenoxy) is 1. The number of pyridine rings is 1. The molecule has 2 aromatic rings. The summed E-state index contributed by atoms with van der Waals surface area (Å²) in [7, 11) is 0. The Morgan fingerprint density at radius 1 is 1.29 bits per heavy atom. The summed E-state index contributed by atoms with van der Waals surface area (Å²) < 4.78 is 6.77. The highest BCUT2D eigenvalue weighted by molar-refractivity contribution is 9.10. The first kappa shape index (κ1) is 11.9. The predicted octanol–water partition coefficient (Wildman–Crippen LogP) is 3.31. The topological polar surface area (TPSA) is 48.1 Å². The van der Waals surface area contributed by atoms with Crippen LogP contribution in [-0.4, -0.2) is 4.98 Å². The number of rotatable bonds is 3. The van der Waals surface area contributed by atoms with Crippen LogP contribution in [0.5, 0.6) is 5.75 Å².